The molecule has 3 aromatic rings. The number of aryl methyl sites for hydroxylation is 3. The normalized spacial score (nSPS) is 14.0. The Kier molecular flexibility index (Phi) is 2.68. The monoisotopic (exact) mass is 302 g/mol. The minimum absolute atomic E-state index is 0.101. The lowest BCUT2D eigenvalue weighted by molar-refractivity contribution is -0.662. The standard InChI is InChI=1S/C15H15N3O2S/c1-17-14-12(10-5-2-6-11(10)21-14)13(16)18(15(17)19)8-9-4-3-7-20-9/h3-4,7,16H,2,5-6,8H2,1H3/p+1. The molecule has 0 unspecified atom stereocenters. The van der Waals surface area contributed by atoms with E-state index in [1.165, 1.54) is 16.9 Å². The maximum atomic E-state index is 12.6. The van der Waals surface area contributed by atoms with Gasteiger partial charge in [-0.3, -0.25) is 0 Å². The number of aromatic nitrogens is 2. The molecule has 0 atom stereocenters. The van der Waals surface area contributed by atoms with Crippen LogP contribution < -0.4 is 16.0 Å². The summed E-state index contributed by atoms with van der Waals surface area (Å²) in [4.78, 5) is 14.9. The molecule has 2 N–H and O–H groups in total. The average molecular weight is 302 g/mol. The Balaban J connectivity index is 2.01. The van der Waals surface area contributed by atoms with Gasteiger partial charge < -0.3 is 10.2 Å². The van der Waals surface area contributed by atoms with Crippen LogP contribution in [0.4, 0.5) is 5.82 Å². The number of thiophene rings is 1. The first-order valence-corrected chi connectivity index (χ1v) is 7.83. The largest absolute Gasteiger partial charge is 0.500 e. The number of anilines is 1. The first-order chi connectivity index (χ1) is 10.2. The van der Waals surface area contributed by atoms with Gasteiger partial charge in [0.15, 0.2) is 11.4 Å². The van der Waals surface area contributed by atoms with Crippen LogP contribution in [0.2, 0.25) is 0 Å². The summed E-state index contributed by atoms with van der Waals surface area (Å²) in [6, 6.07) is 3.67. The maximum Gasteiger partial charge on any atom is 0.500 e. The molecule has 0 bridgehead atoms. The molecule has 0 fully saturated rings. The second kappa shape index (κ2) is 4.46. The van der Waals surface area contributed by atoms with Crippen molar-refractivity contribution >= 4 is 27.4 Å². The van der Waals surface area contributed by atoms with Crippen LogP contribution in [0.3, 0.4) is 0 Å². The summed E-state index contributed by atoms with van der Waals surface area (Å²) >= 11 is 1.70. The third-order valence-electron chi connectivity index (χ3n) is 4.17. The van der Waals surface area contributed by atoms with Gasteiger partial charge >= 0.3 is 5.69 Å². The summed E-state index contributed by atoms with van der Waals surface area (Å²) in [5, 5.41) is 1.06. The summed E-state index contributed by atoms with van der Waals surface area (Å²) in [7, 11) is 1.81. The van der Waals surface area contributed by atoms with Gasteiger partial charge in [0.2, 0.25) is 5.82 Å². The molecule has 0 saturated heterocycles. The van der Waals surface area contributed by atoms with Gasteiger partial charge in [-0.15, -0.1) is 0 Å². The molecule has 6 heteroatoms. The number of rotatable bonds is 2. The van der Waals surface area contributed by atoms with Gasteiger partial charge in [0.1, 0.15) is 11.1 Å². The van der Waals surface area contributed by atoms with Crippen molar-refractivity contribution in [1.29, 1.82) is 0 Å². The van der Waals surface area contributed by atoms with E-state index in [4.69, 9.17) is 10.2 Å². The third kappa shape index (κ3) is 1.75. The van der Waals surface area contributed by atoms with Gasteiger partial charge in [-0.05, 0) is 37.0 Å². The van der Waals surface area contributed by atoms with Crippen LogP contribution in [0, 0.1) is 0 Å². The zero-order chi connectivity index (χ0) is 14.6. The molecule has 0 spiro atoms. The second-order valence-electron chi connectivity index (χ2n) is 5.43. The van der Waals surface area contributed by atoms with E-state index in [0.717, 1.165) is 28.8 Å². The Morgan fingerprint density at radius 1 is 1.48 bits per heavy atom. The predicted octanol–water partition coefficient (Wildman–Crippen LogP) is 1.60. The van der Waals surface area contributed by atoms with E-state index in [1.54, 1.807) is 26.7 Å². The zero-order valence-corrected chi connectivity index (χ0v) is 12.6. The fourth-order valence-corrected chi connectivity index (χ4v) is 4.46. The molecule has 108 valence electrons. The van der Waals surface area contributed by atoms with Crippen molar-refractivity contribution in [3.8, 4) is 0 Å². The Morgan fingerprint density at radius 3 is 3.10 bits per heavy atom. The smallest absolute Gasteiger partial charge is 0.465 e. The summed E-state index contributed by atoms with van der Waals surface area (Å²) in [6.07, 6.45) is 4.94. The predicted molar refractivity (Wildman–Crippen MR) is 81.5 cm³/mol. The SMILES string of the molecule is C[n+]1c(=O)n(Cc2ccco2)c(N)c2c3c(sc21)CCC3. The van der Waals surface area contributed by atoms with Gasteiger partial charge in [0, 0.05) is 4.88 Å². The molecule has 0 radical (unpaired) electrons. The van der Waals surface area contributed by atoms with Crippen LogP contribution in [0.15, 0.2) is 27.6 Å². The molecule has 1 aliphatic carbocycles. The highest BCUT2D eigenvalue weighted by Crippen LogP contribution is 2.37. The molecule has 3 aromatic heterocycles. The molecule has 3 heterocycles. The number of nitrogens with zero attached hydrogens (tertiary/aromatic N) is 2. The quantitative estimate of drug-likeness (QED) is 0.731. The van der Waals surface area contributed by atoms with Gasteiger partial charge in [-0.2, -0.15) is 13.9 Å². The van der Waals surface area contributed by atoms with Crippen LogP contribution >= 0.6 is 11.3 Å². The van der Waals surface area contributed by atoms with E-state index < -0.39 is 0 Å². The van der Waals surface area contributed by atoms with E-state index in [-0.39, 0.29) is 5.69 Å². The minimum Gasteiger partial charge on any atom is -0.465 e. The first kappa shape index (κ1) is 12.6. The molecule has 1 aliphatic rings. The van der Waals surface area contributed by atoms with Crippen molar-refractivity contribution in [1.82, 2.24) is 4.57 Å². The highest BCUT2D eigenvalue weighted by Gasteiger charge is 2.28. The maximum absolute atomic E-state index is 12.6. The van der Waals surface area contributed by atoms with E-state index in [2.05, 4.69) is 0 Å². The summed E-state index contributed by atoms with van der Waals surface area (Å²) < 4.78 is 8.66. The van der Waals surface area contributed by atoms with Crippen LogP contribution in [0.25, 0.3) is 10.2 Å². The Labute approximate surface area is 125 Å². The summed E-state index contributed by atoms with van der Waals surface area (Å²) in [5.41, 5.74) is 7.57. The average Bonchev–Trinajstić information content (AvgIpc) is 3.16. The van der Waals surface area contributed by atoms with E-state index >= 15 is 0 Å². The molecule has 0 aromatic carbocycles. The van der Waals surface area contributed by atoms with Crippen molar-refractivity contribution in [3.05, 3.63) is 45.1 Å². The summed E-state index contributed by atoms with van der Waals surface area (Å²) in [5.74, 6) is 1.29. The van der Waals surface area contributed by atoms with Gasteiger partial charge in [0.05, 0.1) is 13.3 Å². The lowest BCUT2D eigenvalue weighted by Gasteiger charge is -2.05. The van der Waals surface area contributed by atoms with Crippen LogP contribution in [0.5, 0.6) is 0 Å². The topological polar surface area (TPSA) is 65.0 Å². The Hall–Kier alpha value is -2.08. The van der Waals surface area contributed by atoms with Crippen molar-refractivity contribution in [2.24, 2.45) is 7.05 Å². The number of hydrogen-bond acceptors (Lipinski definition) is 4. The molecule has 0 saturated carbocycles. The fraction of sp³-hybridized carbons (Fsp3) is 0.333. The lowest BCUT2D eigenvalue weighted by Crippen LogP contribution is -2.52. The van der Waals surface area contributed by atoms with E-state index in [0.29, 0.717) is 12.4 Å². The number of hydrogen-bond donors (Lipinski definition) is 1. The zero-order valence-electron chi connectivity index (χ0n) is 11.8. The second-order valence-corrected chi connectivity index (χ2v) is 6.51. The van der Waals surface area contributed by atoms with Crippen LogP contribution in [-0.4, -0.2) is 4.57 Å². The summed E-state index contributed by atoms with van der Waals surface area (Å²) in [6.45, 7) is 0.367. The van der Waals surface area contributed by atoms with Crippen molar-refractivity contribution < 1.29 is 8.98 Å². The minimum atomic E-state index is -0.101. The molecule has 0 aliphatic heterocycles. The first-order valence-electron chi connectivity index (χ1n) is 7.01. The third-order valence-corrected chi connectivity index (χ3v) is 5.53. The van der Waals surface area contributed by atoms with Crippen LogP contribution in [-0.2, 0) is 26.4 Å². The Morgan fingerprint density at radius 2 is 2.33 bits per heavy atom. The van der Waals surface area contributed by atoms with Crippen molar-refractivity contribution in [2.75, 3.05) is 5.73 Å². The molecule has 21 heavy (non-hydrogen) atoms. The Bertz CT molecular complexity index is 890. The molecule has 4 rings (SSSR count). The van der Waals surface area contributed by atoms with Crippen molar-refractivity contribution in [2.45, 2.75) is 25.8 Å². The van der Waals surface area contributed by atoms with Crippen LogP contribution in [0.1, 0.15) is 22.6 Å². The van der Waals surface area contributed by atoms with Gasteiger partial charge in [-0.1, -0.05) is 11.3 Å². The molecular weight excluding hydrogens is 286 g/mol. The number of furan rings is 1. The highest BCUT2D eigenvalue weighted by molar-refractivity contribution is 7.18. The van der Waals surface area contributed by atoms with E-state index in [1.807, 2.05) is 19.2 Å². The van der Waals surface area contributed by atoms with Gasteiger partial charge in [-0.25, -0.2) is 0 Å². The highest BCUT2D eigenvalue weighted by atomic mass is 32.1. The van der Waals surface area contributed by atoms with Crippen molar-refractivity contribution in [3.63, 3.8) is 0 Å². The molecular formula is C15H16N3O2S+. The number of fused-ring (bicyclic) bond motifs is 3. The number of nitrogen functional groups attached to an aromatic ring is 1. The fourth-order valence-electron chi connectivity index (χ4n) is 3.11. The number of nitrogens with two attached hydrogens (primary N) is 1. The van der Waals surface area contributed by atoms with Gasteiger partial charge in [0.25, 0.3) is 0 Å². The molecule has 0 amide bonds. The molecule has 5 nitrogen and oxygen atoms in total. The lowest BCUT2D eigenvalue weighted by atomic mass is 10.2. The van der Waals surface area contributed by atoms with E-state index in [9.17, 15) is 4.79 Å².